The van der Waals surface area contributed by atoms with Crippen LogP contribution in [-0.2, 0) is 34.0 Å². The van der Waals surface area contributed by atoms with Crippen molar-refractivity contribution in [1.29, 1.82) is 5.26 Å². The summed E-state index contributed by atoms with van der Waals surface area (Å²) >= 11 is 0. The van der Waals surface area contributed by atoms with Crippen molar-refractivity contribution in [2.45, 2.75) is 122 Å². The van der Waals surface area contributed by atoms with Crippen molar-refractivity contribution in [2.24, 2.45) is 9.98 Å². The third kappa shape index (κ3) is 13.3. The minimum Gasteiger partial charge on any atom is -0.428 e. The Morgan fingerprint density at radius 3 is 1.17 bits per heavy atom. The Hall–Kier alpha value is -4.60. The molecule has 0 N–H and O–H groups in total. The summed E-state index contributed by atoms with van der Waals surface area (Å²) in [5.74, 6) is 0. The molecule has 0 aliphatic carbocycles. The lowest BCUT2D eigenvalue weighted by Gasteiger charge is -2.39. The van der Waals surface area contributed by atoms with Crippen LogP contribution in [0, 0.1) is 11.5 Å². The number of rotatable bonds is 28. The first-order valence-electron chi connectivity index (χ1n) is 17.0. The van der Waals surface area contributed by atoms with Gasteiger partial charge in [0.25, 0.3) is 6.26 Å². The molecule has 0 radical (unpaired) electrons. The molecule has 0 aromatic carbocycles. The van der Waals surface area contributed by atoms with Crippen molar-refractivity contribution in [3.63, 3.8) is 0 Å². The maximum Gasteiger partial charge on any atom is 0.336 e. The van der Waals surface area contributed by atoms with Crippen LogP contribution in [0.2, 0.25) is 0 Å². The summed E-state index contributed by atoms with van der Waals surface area (Å²) in [6.45, 7) is 2.30. The number of aromatic nitrogens is 3. The van der Waals surface area contributed by atoms with Crippen LogP contribution < -0.4 is 17.1 Å². The third-order valence-corrected chi connectivity index (χ3v) is 8.20. The summed E-state index contributed by atoms with van der Waals surface area (Å²) in [6, 6.07) is -0.602. The first-order chi connectivity index (χ1) is 23.4. The molecule has 264 valence electrons. The Kier molecular flexibility index (Phi) is 19.5. The predicted octanol–water partition coefficient (Wildman–Crippen LogP) is 3.44. The molecule has 2 rings (SSSR count). The predicted molar refractivity (Wildman–Crippen MR) is 175 cm³/mol. The van der Waals surface area contributed by atoms with Gasteiger partial charge < -0.3 is 4.74 Å². The van der Waals surface area contributed by atoms with E-state index < -0.39 is 17.1 Å². The highest BCUT2D eigenvalue weighted by molar-refractivity contribution is 6.11. The number of nitriles is 1. The third-order valence-electron chi connectivity index (χ3n) is 8.20. The van der Waals surface area contributed by atoms with E-state index in [-0.39, 0.29) is 31.7 Å². The number of nitrogens with zero attached hydrogens (tertiary/aromatic N) is 8. The standard InChI is InChI=1S/C32H48N8O8/c33-25-48-24-16-8-7-15-23-40-31(46)37(20-12-4-2-10-18-35-27-42)30(45)39(32(40)47)22-14-6-5-13-21-38-28(43)36(29(38)44)19-11-3-1-9-17-34-26-41/h1-24H2. The van der Waals surface area contributed by atoms with E-state index in [0.717, 1.165) is 58.6 Å². The molecule has 0 saturated carbocycles. The highest BCUT2D eigenvalue weighted by atomic mass is 16.5. The molecule has 1 aromatic rings. The maximum atomic E-state index is 13.3. The molecule has 1 aliphatic rings. The summed E-state index contributed by atoms with van der Waals surface area (Å²) in [5, 5.41) is 8.47. The van der Waals surface area contributed by atoms with Crippen molar-refractivity contribution in [3.8, 4) is 6.26 Å². The molecule has 2 heterocycles. The van der Waals surface area contributed by atoms with Gasteiger partial charge in [-0.2, -0.15) is 5.26 Å². The van der Waals surface area contributed by atoms with E-state index in [9.17, 15) is 33.6 Å². The molecule has 48 heavy (non-hydrogen) atoms. The first-order valence-corrected chi connectivity index (χ1v) is 17.0. The molecule has 1 saturated heterocycles. The van der Waals surface area contributed by atoms with Gasteiger partial charge in [-0.25, -0.2) is 67.0 Å². The maximum absolute atomic E-state index is 13.3. The van der Waals surface area contributed by atoms with Gasteiger partial charge in [-0.3, -0.25) is 0 Å². The van der Waals surface area contributed by atoms with Crippen LogP contribution in [0.1, 0.15) is 103 Å². The normalized spacial score (nSPS) is 12.3. The fourth-order valence-electron chi connectivity index (χ4n) is 5.51. The lowest BCUT2D eigenvalue weighted by atomic mass is 10.1. The fourth-order valence-corrected chi connectivity index (χ4v) is 5.51. The van der Waals surface area contributed by atoms with Crippen LogP contribution in [0.5, 0.6) is 0 Å². The number of carbonyl (C=O) groups is 2. The van der Waals surface area contributed by atoms with Crippen LogP contribution in [0.3, 0.4) is 0 Å². The Morgan fingerprint density at radius 2 is 0.812 bits per heavy atom. The number of urea groups is 2. The van der Waals surface area contributed by atoms with Crippen LogP contribution in [0.4, 0.5) is 9.59 Å². The van der Waals surface area contributed by atoms with Gasteiger partial charge in [0.2, 0.25) is 12.2 Å². The topological polar surface area (TPSA) is 198 Å². The number of ether oxygens (including phenoxy) is 1. The van der Waals surface area contributed by atoms with Crippen LogP contribution in [-0.4, -0.2) is 80.5 Å². The Morgan fingerprint density at radius 1 is 0.479 bits per heavy atom. The second-order valence-corrected chi connectivity index (χ2v) is 11.7. The lowest BCUT2D eigenvalue weighted by Crippen LogP contribution is -2.64. The smallest absolute Gasteiger partial charge is 0.336 e. The number of imide groups is 2. The van der Waals surface area contributed by atoms with E-state index in [1.54, 1.807) is 6.26 Å². The summed E-state index contributed by atoms with van der Waals surface area (Å²) in [5.41, 5.74) is -1.89. The van der Waals surface area contributed by atoms with E-state index in [1.807, 2.05) is 0 Å². The number of aliphatic imine (C=N–C) groups is 2. The van der Waals surface area contributed by atoms with Crippen LogP contribution >= 0.6 is 0 Å². The highest BCUT2D eigenvalue weighted by Gasteiger charge is 2.42. The Bertz CT molecular complexity index is 1460. The lowest BCUT2D eigenvalue weighted by molar-refractivity contribution is 0.104. The number of amides is 4. The molecule has 0 spiro atoms. The quantitative estimate of drug-likeness (QED) is 0.0554. The van der Waals surface area contributed by atoms with Crippen molar-refractivity contribution >= 4 is 24.2 Å². The highest BCUT2D eigenvalue weighted by Crippen LogP contribution is 2.19. The van der Waals surface area contributed by atoms with Crippen molar-refractivity contribution in [1.82, 2.24) is 23.5 Å². The van der Waals surface area contributed by atoms with E-state index >= 15 is 0 Å². The second-order valence-electron chi connectivity index (χ2n) is 11.7. The minimum absolute atomic E-state index is 0.143. The van der Waals surface area contributed by atoms with E-state index in [2.05, 4.69) is 14.7 Å². The van der Waals surface area contributed by atoms with Gasteiger partial charge in [-0.15, -0.1) is 0 Å². The number of hydrogen-bond acceptors (Lipinski definition) is 11. The van der Waals surface area contributed by atoms with Crippen LogP contribution in [0.25, 0.3) is 0 Å². The van der Waals surface area contributed by atoms with Crippen molar-refractivity contribution in [2.75, 3.05) is 32.8 Å². The summed E-state index contributed by atoms with van der Waals surface area (Å²) in [4.78, 5) is 94.3. The Balaban J connectivity index is 1.87. The second kappa shape index (κ2) is 23.7. The number of unbranched alkanes of at least 4 members (excludes halogenated alkanes) is 12. The average molecular weight is 673 g/mol. The molecule has 0 atom stereocenters. The molecular formula is C32H48N8O8. The molecule has 1 aromatic heterocycles. The van der Waals surface area contributed by atoms with Crippen LogP contribution in [0.15, 0.2) is 24.4 Å². The average Bonchev–Trinajstić information content (AvgIpc) is 3.08. The summed E-state index contributed by atoms with van der Waals surface area (Å²) in [7, 11) is 0. The van der Waals surface area contributed by atoms with E-state index in [1.165, 1.54) is 22.0 Å². The van der Waals surface area contributed by atoms with E-state index in [4.69, 9.17) is 5.26 Å². The van der Waals surface area contributed by atoms with Gasteiger partial charge in [-0.05, 0) is 57.8 Å². The molecule has 16 nitrogen and oxygen atoms in total. The number of hydrogen-bond donors (Lipinski definition) is 0. The molecule has 0 unspecified atom stereocenters. The van der Waals surface area contributed by atoms with Gasteiger partial charge in [0.15, 0.2) is 0 Å². The largest absolute Gasteiger partial charge is 0.428 e. The minimum atomic E-state index is -0.633. The van der Waals surface area contributed by atoms with Crippen molar-refractivity contribution < 1.29 is 23.9 Å². The van der Waals surface area contributed by atoms with Gasteiger partial charge in [0, 0.05) is 32.7 Å². The fraction of sp³-hybridized carbons (Fsp3) is 0.750. The number of carbonyl (C=O) groups excluding carboxylic acids is 4. The molecule has 1 aliphatic heterocycles. The zero-order chi connectivity index (χ0) is 35.0. The van der Waals surface area contributed by atoms with E-state index in [0.29, 0.717) is 90.6 Å². The summed E-state index contributed by atoms with van der Waals surface area (Å²) in [6.07, 6.45) is 15.7. The molecule has 16 heteroatoms. The van der Waals surface area contributed by atoms with Gasteiger partial charge in [-0.1, -0.05) is 44.9 Å². The van der Waals surface area contributed by atoms with Gasteiger partial charge in [0.05, 0.1) is 13.1 Å². The molecule has 1 fully saturated rings. The molecule has 4 amide bonds. The Labute approximate surface area is 279 Å². The zero-order valence-electron chi connectivity index (χ0n) is 27.8. The first kappa shape index (κ1) is 39.6. The summed E-state index contributed by atoms with van der Waals surface area (Å²) < 4.78 is 8.05. The van der Waals surface area contributed by atoms with Gasteiger partial charge in [0.1, 0.15) is 6.61 Å². The molecule has 0 bridgehead atoms. The SMILES string of the molecule is N#COCCCCCCn1c(=O)n(CCCCCCN=C=O)c(=O)n(CCCCCCN2C(=O)N(CCCCCCN=C=O)C2=O)c1=O. The molecular weight excluding hydrogens is 624 g/mol. The monoisotopic (exact) mass is 672 g/mol. The van der Waals surface area contributed by atoms with Crippen molar-refractivity contribution in [3.05, 3.63) is 31.5 Å². The van der Waals surface area contributed by atoms with Gasteiger partial charge >= 0.3 is 29.1 Å². The number of isocyanates is 2. The zero-order valence-corrected chi connectivity index (χ0v) is 27.8.